The second kappa shape index (κ2) is 10.2. The highest BCUT2D eigenvalue weighted by Gasteiger charge is 2.33. The Labute approximate surface area is 169 Å². The van der Waals surface area contributed by atoms with Crippen molar-refractivity contribution in [1.29, 1.82) is 0 Å². The number of benzene rings is 1. The zero-order valence-electron chi connectivity index (χ0n) is 13.2. The standard InChI is InChI=1S/C15H16ClF3N4S.HI/c1-20-14(22-8-10-4-2-3-5-11(10)16)21-7-6-13-23-12(9-24-13)15(17,18)19;/h2-5,9H,6-8H2,1H3,(H2,20,21,22);1H. The van der Waals surface area contributed by atoms with Gasteiger partial charge in [-0.15, -0.1) is 35.3 Å². The van der Waals surface area contributed by atoms with Crippen LogP contribution >= 0.6 is 46.9 Å². The van der Waals surface area contributed by atoms with Crippen molar-refractivity contribution in [3.05, 3.63) is 50.9 Å². The minimum atomic E-state index is -4.39. The lowest BCUT2D eigenvalue weighted by Crippen LogP contribution is -2.37. The third-order valence-corrected chi connectivity index (χ3v) is 4.38. The quantitative estimate of drug-likeness (QED) is 0.362. The molecule has 1 aromatic carbocycles. The summed E-state index contributed by atoms with van der Waals surface area (Å²) in [6.07, 6.45) is -4.01. The second-order valence-electron chi connectivity index (χ2n) is 4.82. The predicted molar refractivity (Wildman–Crippen MR) is 106 cm³/mol. The number of hydrogen-bond acceptors (Lipinski definition) is 3. The number of aromatic nitrogens is 1. The summed E-state index contributed by atoms with van der Waals surface area (Å²) in [5.74, 6) is 0.544. The number of halogens is 5. The van der Waals surface area contributed by atoms with Crippen LogP contribution in [0.25, 0.3) is 0 Å². The Kier molecular flexibility index (Phi) is 8.94. The van der Waals surface area contributed by atoms with Gasteiger partial charge < -0.3 is 10.6 Å². The molecule has 0 amide bonds. The van der Waals surface area contributed by atoms with Gasteiger partial charge in [0.05, 0.1) is 5.01 Å². The van der Waals surface area contributed by atoms with Gasteiger partial charge >= 0.3 is 6.18 Å². The van der Waals surface area contributed by atoms with E-state index >= 15 is 0 Å². The van der Waals surface area contributed by atoms with Crippen LogP contribution in [0.5, 0.6) is 0 Å². The average molecular weight is 505 g/mol. The van der Waals surface area contributed by atoms with Gasteiger partial charge in [-0.3, -0.25) is 4.99 Å². The van der Waals surface area contributed by atoms with E-state index in [4.69, 9.17) is 11.6 Å². The molecule has 0 unspecified atom stereocenters. The molecule has 0 aliphatic rings. The first-order chi connectivity index (χ1) is 11.4. The Balaban J connectivity index is 0.00000312. The topological polar surface area (TPSA) is 49.3 Å². The summed E-state index contributed by atoms with van der Waals surface area (Å²) in [6.45, 7) is 0.918. The van der Waals surface area contributed by atoms with Crippen LogP contribution in [0.15, 0.2) is 34.6 Å². The highest BCUT2D eigenvalue weighted by Crippen LogP contribution is 2.29. The molecule has 0 fully saturated rings. The number of hydrogen-bond donors (Lipinski definition) is 2. The van der Waals surface area contributed by atoms with E-state index in [0.29, 0.717) is 35.5 Å². The van der Waals surface area contributed by atoms with E-state index in [9.17, 15) is 13.2 Å². The van der Waals surface area contributed by atoms with Crippen molar-refractivity contribution in [3.63, 3.8) is 0 Å². The number of aliphatic imine (C=N–C) groups is 1. The van der Waals surface area contributed by atoms with Gasteiger partial charge in [0, 0.05) is 37.0 Å². The minimum absolute atomic E-state index is 0. The van der Waals surface area contributed by atoms with E-state index in [1.807, 2.05) is 18.2 Å². The number of thiazole rings is 1. The highest BCUT2D eigenvalue weighted by molar-refractivity contribution is 14.0. The highest BCUT2D eigenvalue weighted by atomic mass is 127. The molecule has 0 aliphatic heterocycles. The van der Waals surface area contributed by atoms with Crippen molar-refractivity contribution in [3.8, 4) is 0 Å². The van der Waals surface area contributed by atoms with E-state index in [1.165, 1.54) is 0 Å². The fraction of sp³-hybridized carbons (Fsp3) is 0.333. The van der Waals surface area contributed by atoms with Crippen LogP contribution in [0.4, 0.5) is 13.2 Å². The Hall–Kier alpha value is -1.07. The summed E-state index contributed by atoms with van der Waals surface area (Å²) >= 11 is 7.07. The summed E-state index contributed by atoms with van der Waals surface area (Å²) in [5.41, 5.74) is 0.0839. The first-order valence-corrected chi connectivity index (χ1v) is 8.35. The molecule has 4 nitrogen and oxygen atoms in total. The number of nitrogens with zero attached hydrogens (tertiary/aromatic N) is 2. The monoisotopic (exact) mass is 504 g/mol. The van der Waals surface area contributed by atoms with Crippen molar-refractivity contribution >= 4 is 52.9 Å². The van der Waals surface area contributed by atoms with Crippen LogP contribution in [0.2, 0.25) is 5.02 Å². The number of alkyl halides is 3. The van der Waals surface area contributed by atoms with E-state index < -0.39 is 11.9 Å². The lowest BCUT2D eigenvalue weighted by molar-refractivity contribution is -0.140. The Morgan fingerprint density at radius 3 is 2.60 bits per heavy atom. The fourth-order valence-electron chi connectivity index (χ4n) is 1.89. The minimum Gasteiger partial charge on any atom is -0.356 e. The Morgan fingerprint density at radius 1 is 1.28 bits per heavy atom. The molecule has 10 heteroatoms. The van der Waals surface area contributed by atoms with Gasteiger partial charge in [-0.1, -0.05) is 29.8 Å². The molecule has 0 radical (unpaired) electrons. The van der Waals surface area contributed by atoms with Gasteiger partial charge in [0.15, 0.2) is 11.7 Å². The van der Waals surface area contributed by atoms with E-state index in [1.54, 1.807) is 13.1 Å². The van der Waals surface area contributed by atoms with Crippen LogP contribution in [0, 0.1) is 0 Å². The predicted octanol–water partition coefficient (Wildman–Crippen LogP) is 4.34. The molecular weight excluding hydrogens is 488 g/mol. The molecule has 0 bridgehead atoms. The molecule has 138 valence electrons. The summed E-state index contributed by atoms with van der Waals surface area (Å²) < 4.78 is 37.5. The normalized spacial score (nSPS) is 11.8. The molecule has 0 saturated carbocycles. The van der Waals surface area contributed by atoms with E-state index in [-0.39, 0.29) is 24.0 Å². The second-order valence-corrected chi connectivity index (χ2v) is 6.17. The summed E-state index contributed by atoms with van der Waals surface area (Å²) in [6, 6.07) is 7.44. The third kappa shape index (κ3) is 6.98. The van der Waals surface area contributed by atoms with Gasteiger partial charge in [0.2, 0.25) is 0 Å². The van der Waals surface area contributed by atoms with Crippen LogP contribution in [0.1, 0.15) is 16.3 Å². The van der Waals surface area contributed by atoms with Gasteiger partial charge in [0.25, 0.3) is 0 Å². The first-order valence-electron chi connectivity index (χ1n) is 7.09. The zero-order chi connectivity index (χ0) is 17.6. The smallest absolute Gasteiger partial charge is 0.356 e. The lowest BCUT2D eigenvalue weighted by atomic mass is 10.2. The van der Waals surface area contributed by atoms with Gasteiger partial charge in [0.1, 0.15) is 0 Å². The van der Waals surface area contributed by atoms with Crippen molar-refractivity contribution in [2.24, 2.45) is 4.99 Å². The molecule has 0 atom stereocenters. The van der Waals surface area contributed by atoms with Crippen LogP contribution in [-0.2, 0) is 19.1 Å². The lowest BCUT2D eigenvalue weighted by Gasteiger charge is -2.12. The SMILES string of the molecule is CN=C(NCCc1nc(C(F)(F)F)cs1)NCc1ccccc1Cl.I. The van der Waals surface area contributed by atoms with Crippen LogP contribution in [0.3, 0.4) is 0 Å². The molecule has 2 N–H and O–H groups in total. The third-order valence-electron chi connectivity index (χ3n) is 3.10. The molecule has 0 aliphatic carbocycles. The van der Waals surface area contributed by atoms with Crippen LogP contribution < -0.4 is 10.6 Å². The van der Waals surface area contributed by atoms with E-state index in [0.717, 1.165) is 22.3 Å². The molecule has 1 heterocycles. The van der Waals surface area contributed by atoms with Gasteiger partial charge in [-0.25, -0.2) is 4.98 Å². The van der Waals surface area contributed by atoms with Crippen molar-refractivity contribution in [1.82, 2.24) is 15.6 Å². The van der Waals surface area contributed by atoms with Crippen LogP contribution in [-0.4, -0.2) is 24.5 Å². The summed E-state index contributed by atoms with van der Waals surface area (Å²) in [7, 11) is 1.62. The number of nitrogens with one attached hydrogen (secondary N) is 2. The number of rotatable bonds is 5. The fourth-order valence-corrected chi connectivity index (χ4v) is 2.89. The number of guanidine groups is 1. The molecular formula is C15H17ClF3IN4S. The van der Waals surface area contributed by atoms with Crippen molar-refractivity contribution in [2.75, 3.05) is 13.6 Å². The first kappa shape index (κ1) is 22.0. The average Bonchev–Trinajstić information content (AvgIpc) is 3.01. The maximum absolute atomic E-state index is 12.5. The van der Waals surface area contributed by atoms with Crippen molar-refractivity contribution in [2.45, 2.75) is 19.1 Å². The molecule has 2 aromatic rings. The van der Waals surface area contributed by atoms with E-state index in [2.05, 4.69) is 20.6 Å². The maximum Gasteiger partial charge on any atom is 0.434 e. The van der Waals surface area contributed by atoms with Gasteiger partial charge in [-0.2, -0.15) is 13.2 Å². The summed E-state index contributed by atoms with van der Waals surface area (Å²) in [5, 5.41) is 8.25. The summed E-state index contributed by atoms with van der Waals surface area (Å²) in [4.78, 5) is 7.65. The Bertz CT molecular complexity index is 706. The largest absolute Gasteiger partial charge is 0.434 e. The van der Waals surface area contributed by atoms with Crippen molar-refractivity contribution < 1.29 is 13.2 Å². The van der Waals surface area contributed by atoms with Gasteiger partial charge in [-0.05, 0) is 11.6 Å². The molecule has 0 spiro atoms. The molecule has 0 saturated heterocycles. The maximum atomic E-state index is 12.5. The Morgan fingerprint density at radius 2 is 2.00 bits per heavy atom. The zero-order valence-corrected chi connectivity index (χ0v) is 17.1. The molecule has 2 rings (SSSR count). The molecule has 1 aromatic heterocycles. The molecule has 25 heavy (non-hydrogen) atoms.